The normalized spacial score (nSPS) is 18.2. The summed E-state index contributed by atoms with van der Waals surface area (Å²) in [4.78, 5) is 37.0. The molecule has 33 heavy (non-hydrogen) atoms. The number of amides is 2. The average Bonchev–Trinajstić information content (AvgIpc) is 2.76. The van der Waals surface area contributed by atoms with Gasteiger partial charge in [-0.15, -0.1) is 0 Å². The summed E-state index contributed by atoms with van der Waals surface area (Å²) >= 11 is 5.94. The van der Waals surface area contributed by atoms with E-state index in [0.717, 1.165) is 22.8 Å². The van der Waals surface area contributed by atoms with E-state index >= 15 is 0 Å². The van der Waals surface area contributed by atoms with Crippen molar-refractivity contribution in [3.8, 4) is 0 Å². The zero-order valence-electron chi connectivity index (χ0n) is 18.8. The number of rotatable bonds is 9. The van der Waals surface area contributed by atoms with Gasteiger partial charge in [-0.1, -0.05) is 66.2 Å². The number of hydrogen-bond donors (Lipinski definition) is 3. The van der Waals surface area contributed by atoms with Crippen molar-refractivity contribution < 1.29 is 19.5 Å². The molecule has 3 unspecified atom stereocenters. The van der Waals surface area contributed by atoms with E-state index in [1.54, 1.807) is 6.92 Å². The van der Waals surface area contributed by atoms with Gasteiger partial charge < -0.3 is 15.7 Å². The van der Waals surface area contributed by atoms with Gasteiger partial charge >= 0.3 is 5.97 Å². The molecule has 3 N–H and O–H groups in total. The van der Waals surface area contributed by atoms with Gasteiger partial charge in [-0.05, 0) is 54.5 Å². The SMILES string of the molecule is CC(=O)NC(C)(Cc1ccc2ccccc2c1)C(=O)NC(CCC1C=CC(Cl)=CC1)C(=O)O. The number of carboxylic acids is 1. The zero-order chi connectivity index (χ0) is 24.0. The van der Waals surface area contributed by atoms with Crippen LogP contribution in [0.2, 0.25) is 0 Å². The number of hydrogen-bond acceptors (Lipinski definition) is 3. The van der Waals surface area contributed by atoms with Gasteiger partial charge in [-0.2, -0.15) is 0 Å². The Morgan fingerprint density at radius 3 is 2.55 bits per heavy atom. The van der Waals surface area contributed by atoms with Crippen molar-refractivity contribution in [1.82, 2.24) is 10.6 Å². The minimum absolute atomic E-state index is 0.172. The molecule has 6 nitrogen and oxygen atoms in total. The van der Waals surface area contributed by atoms with Crippen LogP contribution in [0.1, 0.15) is 38.7 Å². The van der Waals surface area contributed by atoms with Gasteiger partial charge in [0.25, 0.3) is 0 Å². The standard InChI is InChI=1S/C26H29ClN2O4/c1-17(30)29-26(2,16-19-7-11-20-5-3-4-6-21(20)15-19)25(33)28-23(24(31)32)14-10-18-8-12-22(27)13-9-18/h3-8,11-13,15,18,23H,9-10,14,16H2,1-2H3,(H,28,33)(H,29,30)(H,31,32). The summed E-state index contributed by atoms with van der Waals surface area (Å²) in [5.74, 6) is -1.82. The van der Waals surface area contributed by atoms with E-state index in [9.17, 15) is 19.5 Å². The van der Waals surface area contributed by atoms with E-state index < -0.39 is 23.5 Å². The molecule has 0 heterocycles. The molecule has 2 aromatic rings. The van der Waals surface area contributed by atoms with Gasteiger partial charge in [0.2, 0.25) is 11.8 Å². The number of carbonyl (C=O) groups is 3. The smallest absolute Gasteiger partial charge is 0.326 e. The van der Waals surface area contributed by atoms with Gasteiger partial charge in [-0.25, -0.2) is 4.79 Å². The molecule has 0 aromatic heterocycles. The third-order valence-corrected chi connectivity index (χ3v) is 6.18. The lowest BCUT2D eigenvalue weighted by Gasteiger charge is -2.31. The molecule has 0 saturated carbocycles. The fraction of sp³-hybridized carbons (Fsp3) is 0.346. The van der Waals surface area contributed by atoms with Gasteiger partial charge in [0.05, 0.1) is 0 Å². The molecule has 0 bridgehead atoms. The van der Waals surface area contributed by atoms with Gasteiger partial charge in [0.15, 0.2) is 0 Å². The summed E-state index contributed by atoms with van der Waals surface area (Å²) in [6, 6.07) is 12.7. The van der Waals surface area contributed by atoms with Gasteiger partial charge in [0.1, 0.15) is 11.6 Å². The molecule has 0 aliphatic heterocycles. The molecule has 174 valence electrons. The lowest BCUT2D eigenvalue weighted by atomic mass is 9.89. The number of allylic oxidation sites excluding steroid dienone is 4. The molecule has 3 atom stereocenters. The van der Waals surface area contributed by atoms with E-state index in [-0.39, 0.29) is 24.7 Å². The molecule has 2 amide bonds. The minimum Gasteiger partial charge on any atom is -0.480 e. The maximum Gasteiger partial charge on any atom is 0.326 e. The van der Waals surface area contributed by atoms with E-state index in [1.165, 1.54) is 6.92 Å². The lowest BCUT2D eigenvalue weighted by molar-refractivity contribution is -0.143. The number of carbonyl (C=O) groups excluding carboxylic acids is 2. The first-order valence-electron chi connectivity index (χ1n) is 11.0. The van der Waals surface area contributed by atoms with Crippen LogP contribution in [0.5, 0.6) is 0 Å². The Morgan fingerprint density at radius 1 is 1.18 bits per heavy atom. The van der Waals surface area contributed by atoms with Crippen LogP contribution < -0.4 is 10.6 Å². The molecule has 0 radical (unpaired) electrons. The number of halogens is 1. The predicted octanol–water partition coefficient (Wildman–Crippen LogP) is 4.33. The van der Waals surface area contributed by atoms with Gasteiger partial charge in [-0.3, -0.25) is 9.59 Å². The molecule has 1 aliphatic carbocycles. The second-order valence-corrected chi connectivity index (χ2v) is 9.19. The van der Waals surface area contributed by atoms with Crippen LogP contribution in [0.25, 0.3) is 10.8 Å². The van der Waals surface area contributed by atoms with Crippen molar-refractivity contribution in [1.29, 1.82) is 0 Å². The first-order valence-corrected chi connectivity index (χ1v) is 11.4. The number of benzene rings is 2. The van der Waals surface area contributed by atoms with Crippen LogP contribution in [0.3, 0.4) is 0 Å². The zero-order valence-corrected chi connectivity index (χ0v) is 19.6. The molecule has 0 spiro atoms. The first kappa shape index (κ1) is 24.5. The number of aliphatic carboxylic acids is 1. The fourth-order valence-corrected chi connectivity index (χ4v) is 4.30. The van der Waals surface area contributed by atoms with E-state index in [0.29, 0.717) is 11.5 Å². The highest BCUT2D eigenvalue weighted by Gasteiger charge is 2.37. The van der Waals surface area contributed by atoms with Crippen LogP contribution in [-0.2, 0) is 20.8 Å². The van der Waals surface area contributed by atoms with E-state index in [4.69, 9.17) is 11.6 Å². The highest BCUT2D eigenvalue weighted by Crippen LogP contribution is 2.24. The molecule has 0 fully saturated rings. The van der Waals surface area contributed by atoms with Crippen molar-refractivity contribution in [3.05, 3.63) is 71.3 Å². The molecule has 1 aliphatic rings. The third-order valence-electron chi connectivity index (χ3n) is 5.90. The second-order valence-electron chi connectivity index (χ2n) is 8.76. The largest absolute Gasteiger partial charge is 0.480 e. The molecular weight excluding hydrogens is 440 g/mol. The van der Waals surface area contributed by atoms with E-state index in [1.807, 2.05) is 60.7 Å². The number of carboxylic acid groups (broad SMARTS) is 1. The highest BCUT2D eigenvalue weighted by molar-refractivity contribution is 6.31. The third kappa shape index (κ3) is 6.68. The molecule has 3 rings (SSSR count). The Bertz CT molecular complexity index is 1110. The van der Waals surface area contributed by atoms with Crippen molar-refractivity contribution >= 4 is 40.2 Å². The quantitative estimate of drug-likeness (QED) is 0.510. The minimum atomic E-state index is -1.30. The summed E-state index contributed by atoms with van der Waals surface area (Å²) in [7, 11) is 0. The van der Waals surface area contributed by atoms with Crippen LogP contribution in [0.4, 0.5) is 0 Å². The van der Waals surface area contributed by atoms with E-state index in [2.05, 4.69) is 10.6 Å². The van der Waals surface area contributed by atoms with Crippen molar-refractivity contribution in [2.75, 3.05) is 0 Å². The summed E-state index contributed by atoms with van der Waals surface area (Å²) in [5, 5.41) is 17.9. The number of nitrogens with one attached hydrogen (secondary N) is 2. The van der Waals surface area contributed by atoms with Crippen LogP contribution >= 0.6 is 11.6 Å². The summed E-state index contributed by atoms with van der Waals surface area (Å²) < 4.78 is 0. The Kier molecular flexibility index (Phi) is 7.92. The summed E-state index contributed by atoms with van der Waals surface area (Å²) in [6.45, 7) is 2.96. The number of fused-ring (bicyclic) bond motifs is 1. The maximum atomic E-state index is 13.2. The Labute approximate surface area is 198 Å². The lowest BCUT2D eigenvalue weighted by Crippen LogP contribution is -2.60. The average molecular weight is 469 g/mol. The Morgan fingerprint density at radius 2 is 1.91 bits per heavy atom. The molecule has 0 saturated heterocycles. The van der Waals surface area contributed by atoms with Crippen molar-refractivity contribution in [2.24, 2.45) is 5.92 Å². The van der Waals surface area contributed by atoms with Crippen LogP contribution in [0.15, 0.2) is 65.7 Å². The second kappa shape index (κ2) is 10.7. The molecular formula is C26H29ClN2O4. The Balaban J connectivity index is 1.73. The Hall–Kier alpha value is -3.12. The summed E-state index contributed by atoms with van der Waals surface area (Å²) in [6.07, 6.45) is 7.50. The highest BCUT2D eigenvalue weighted by atomic mass is 35.5. The topological polar surface area (TPSA) is 95.5 Å². The molecule has 2 aromatic carbocycles. The monoisotopic (exact) mass is 468 g/mol. The van der Waals surface area contributed by atoms with Crippen molar-refractivity contribution in [3.63, 3.8) is 0 Å². The van der Waals surface area contributed by atoms with Crippen LogP contribution in [0, 0.1) is 5.92 Å². The first-order chi connectivity index (χ1) is 15.7. The predicted molar refractivity (Wildman–Crippen MR) is 130 cm³/mol. The van der Waals surface area contributed by atoms with Crippen LogP contribution in [-0.4, -0.2) is 34.5 Å². The fourth-order valence-electron chi connectivity index (χ4n) is 4.14. The summed E-state index contributed by atoms with van der Waals surface area (Å²) in [5.41, 5.74) is -0.439. The molecule has 7 heteroatoms. The van der Waals surface area contributed by atoms with Gasteiger partial charge in [0, 0.05) is 18.4 Å². The maximum absolute atomic E-state index is 13.2. The van der Waals surface area contributed by atoms with Crippen molar-refractivity contribution in [2.45, 2.75) is 51.1 Å².